The van der Waals surface area contributed by atoms with Gasteiger partial charge in [0.25, 0.3) is 0 Å². The molecule has 0 atom stereocenters. The van der Waals surface area contributed by atoms with E-state index in [0.29, 0.717) is 0 Å². The Bertz CT molecular complexity index is 168. The highest BCUT2D eigenvalue weighted by atomic mass is 16.4. The molecule has 0 radical (unpaired) electrons. The van der Waals surface area contributed by atoms with Gasteiger partial charge in [0.15, 0.2) is 5.92 Å². The van der Waals surface area contributed by atoms with Crippen LogP contribution in [0.2, 0.25) is 0 Å². The molecule has 0 fully saturated rings. The number of carboxylic acid groups (broad SMARTS) is 2. The lowest BCUT2D eigenvalue weighted by molar-refractivity contribution is -0.153. The van der Waals surface area contributed by atoms with E-state index in [1.165, 1.54) is 0 Å². The van der Waals surface area contributed by atoms with Gasteiger partial charge in [-0.3, -0.25) is 9.59 Å². The summed E-state index contributed by atoms with van der Waals surface area (Å²) in [6.45, 7) is 1.12. The summed E-state index contributed by atoms with van der Waals surface area (Å²) in [5.41, 5.74) is 0. The predicted molar refractivity (Wildman–Crippen MR) is 63.7 cm³/mol. The molecule has 0 saturated heterocycles. The van der Waals surface area contributed by atoms with Gasteiger partial charge in [0, 0.05) is 0 Å². The van der Waals surface area contributed by atoms with Crippen molar-refractivity contribution in [2.45, 2.75) is 6.92 Å². The molecule has 0 aliphatic rings. The SMILES string of the molecule is CC(C(=O)O)C(=O)O.CN(C)C.CN(C)C. The van der Waals surface area contributed by atoms with Gasteiger partial charge in [-0.15, -0.1) is 0 Å². The molecule has 0 heterocycles. The average molecular weight is 236 g/mol. The number of rotatable bonds is 2. The minimum atomic E-state index is -1.31. The van der Waals surface area contributed by atoms with E-state index in [1.54, 1.807) is 0 Å². The largest absolute Gasteiger partial charge is 0.481 e. The monoisotopic (exact) mass is 236 g/mol. The second-order valence-corrected chi connectivity index (χ2v) is 4.08. The van der Waals surface area contributed by atoms with E-state index in [1.807, 2.05) is 52.1 Å². The number of hydrogen-bond acceptors (Lipinski definition) is 4. The van der Waals surface area contributed by atoms with E-state index in [4.69, 9.17) is 10.2 Å². The lowest BCUT2D eigenvalue weighted by Crippen LogP contribution is -2.19. The zero-order chi connectivity index (χ0) is 13.9. The zero-order valence-electron chi connectivity index (χ0n) is 11.2. The standard InChI is InChI=1S/C4H6O4.2C3H9N/c1-2(3(5)6)4(7)8;2*1-4(2)3/h2H,1H3,(H,5,6)(H,7,8);2*1-3H3. The van der Waals surface area contributed by atoms with Gasteiger partial charge < -0.3 is 20.0 Å². The highest BCUT2D eigenvalue weighted by molar-refractivity contribution is 5.92. The van der Waals surface area contributed by atoms with E-state index >= 15 is 0 Å². The van der Waals surface area contributed by atoms with Gasteiger partial charge in [-0.25, -0.2) is 0 Å². The van der Waals surface area contributed by atoms with E-state index in [2.05, 4.69) is 0 Å². The second kappa shape index (κ2) is 11.9. The summed E-state index contributed by atoms with van der Waals surface area (Å²) in [5, 5.41) is 15.9. The fourth-order valence-corrected chi connectivity index (χ4v) is 0.106. The molecule has 0 amide bonds. The van der Waals surface area contributed by atoms with Gasteiger partial charge in [0.2, 0.25) is 0 Å². The second-order valence-electron chi connectivity index (χ2n) is 4.08. The summed E-state index contributed by atoms with van der Waals surface area (Å²) < 4.78 is 0. The van der Waals surface area contributed by atoms with E-state index in [9.17, 15) is 9.59 Å². The summed E-state index contributed by atoms with van der Waals surface area (Å²) in [5.74, 6) is -3.91. The van der Waals surface area contributed by atoms with E-state index in [-0.39, 0.29) is 0 Å². The normalized spacial score (nSPS) is 9.12. The van der Waals surface area contributed by atoms with Crippen molar-refractivity contribution in [2.24, 2.45) is 5.92 Å². The van der Waals surface area contributed by atoms with Crippen molar-refractivity contribution in [3.8, 4) is 0 Å². The molecule has 0 rings (SSSR count). The predicted octanol–water partition coefficient (Wildman–Crippen LogP) is 0.147. The van der Waals surface area contributed by atoms with Crippen molar-refractivity contribution in [3.63, 3.8) is 0 Å². The summed E-state index contributed by atoms with van der Waals surface area (Å²) in [6.07, 6.45) is 0. The summed E-state index contributed by atoms with van der Waals surface area (Å²) in [6, 6.07) is 0. The summed E-state index contributed by atoms with van der Waals surface area (Å²) >= 11 is 0. The van der Waals surface area contributed by atoms with Crippen LogP contribution in [0.3, 0.4) is 0 Å². The first-order valence-corrected chi connectivity index (χ1v) is 4.69. The van der Waals surface area contributed by atoms with Gasteiger partial charge in [-0.05, 0) is 49.2 Å². The number of nitrogens with zero attached hydrogens (tertiary/aromatic N) is 2. The number of aliphatic carboxylic acids is 2. The fraction of sp³-hybridized carbons (Fsp3) is 0.800. The molecule has 2 N–H and O–H groups in total. The van der Waals surface area contributed by atoms with Crippen LogP contribution in [-0.2, 0) is 9.59 Å². The molecule has 0 aliphatic heterocycles. The molecule has 0 aromatic carbocycles. The Labute approximate surface area is 97.5 Å². The minimum Gasteiger partial charge on any atom is -0.481 e. The maximum absolute atomic E-state index is 9.76. The van der Waals surface area contributed by atoms with E-state index < -0.39 is 17.9 Å². The first-order chi connectivity index (χ1) is 7.02. The number of carboxylic acids is 2. The van der Waals surface area contributed by atoms with Crippen molar-refractivity contribution in [3.05, 3.63) is 0 Å². The lowest BCUT2D eigenvalue weighted by Gasteiger charge is -1.94. The number of carbonyl (C=O) groups is 2. The molecular formula is C10H24N2O4. The van der Waals surface area contributed by atoms with Crippen LogP contribution in [-0.4, -0.2) is 74.2 Å². The van der Waals surface area contributed by atoms with Crippen molar-refractivity contribution < 1.29 is 19.8 Å². The Morgan fingerprint density at radius 3 is 0.938 bits per heavy atom. The third kappa shape index (κ3) is 38.4. The van der Waals surface area contributed by atoms with Gasteiger partial charge in [-0.1, -0.05) is 0 Å². The third-order valence-corrected chi connectivity index (χ3v) is 0.741. The molecule has 98 valence electrons. The van der Waals surface area contributed by atoms with Gasteiger partial charge in [0.05, 0.1) is 0 Å². The molecule has 16 heavy (non-hydrogen) atoms. The molecule has 0 spiro atoms. The zero-order valence-corrected chi connectivity index (χ0v) is 11.2. The maximum Gasteiger partial charge on any atom is 0.317 e. The molecule has 0 unspecified atom stereocenters. The highest BCUT2D eigenvalue weighted by Gasteiger charge is 2.18. The quantitative estimate of drug-likeness (QED) is 0.664. The first kappa shape index (κ1) is 20.3. The molecule has 6 heteroatoms. The van der Waals surface area contributed by atoms with Crippen LogP contribution in [0.5, 0.6) is 0 Å². The average Bonchev–Trinajstić information content (AvgIpc) is 2.00. The fourth-order valence-electron chi connectivity index (χ4n) is 0.106. The van der Waals surface area contributed by atoms with Crippen LogP contribution in [0.25, 0.3) is 0 Å². The Morgan fingerprint density at radius 1 is 0.812 bits per heavy atom. The van der Waals surface area contributed by atoms with Crippen LogP contribution in [0.15, 0.2) is 0 Å². The summed E-state index contributed by atoms with van der Waals surface area (Å²) in [4.78, 5) is 23.5. The Hall–Kier alpha value is -1.14. The highest BCUT2D eigenvalue weighted by Crippen LogP contribution is 1.91. The van der Waals surface area contributed by atoms with Crippen molar-refractivity contribution >= 4 is 11.9 Å². The molecular weight excluding hydrogens is 212 g/mol. The lowest BCUT2D eigenvalue weighted by atomic mass is 10.2. The van der Waals surface area contributed by atoms with Crippen LogP contribution in [0.4, 0.5) is 0 Å². The minimum absolute atomic E-state index is 1.12. The molecule has 0 aromatic heterocycles. The van der Waals surface area contributed by atoms with Crippen LogP contribution >= 0.6 is 0 Å². The topological polar surface area (TPSA) is 81.1 Å². The third-order valence-electron chi connectivity index (χ3n) is 0.741. The van der Waals surface area contributed by atoms with Crippen molar-refractivity contribution in [2.75, 3.05) is 42.3 Å². The Morgan fingerprint density at radius 2 is 0.938 bits per heavy atom. The molecule has 0 saturated carbocycles. The van der Waals surface area contributed by atoms with Gasteiger partial charge >= 0.3 is 11.9 Å². The first-order valence-electron chi connectivity index (χ1n) is 4.69. The molecule has 0 bridgehead atoms. The van der Waals surface area contributed by atoms with Gasteiger partial charge in [-0.2, -0.15) is 0 Å². The van der Waals surface area contributed by atoms with Crippen LogP contribution in [0, 0.1) is 5.92 Å². The smallest absolute Gasteiger partial charge is 0.317 e. The Kier molecular flexibility index (Phi) is 15.1. The van der Waals surface area contributed by atoms with E-state index in [0.717, 1.165) is 6.92 Å². The maximum atomic E-state index is 9.76. The number of hydrogen-bond donors (Lipinski definition) is 2. The Balaban J connectivity index is -0.000000179. The van der Waals surface area contributed by atoms with Crippen LogP contribution < -0.4 is 0 Å². The van der Waals surface area contributed by atoms with Crippen LogP contribution in [0.1, 0.15) is 6.92 Å². The summed E-state index contributed by atoms with van der Waals surface area (Å²) in [7, 11) is 12.0. The van der Waals surface area contributed by atoms with Gasteiger partial charge in [0.1, 0.15) is 0 Å². The molecule has 0 aromatic rings. The van der Waals surface area contributed by atoms with Crippen molar-refractivity contribution in [1.29, 1.82) is 0 Å². The molecule has 0 aliphatic carbocycles. The van der Waals surface area contributed by atoms with Crippen molar-refractivity contribution in [1.82, 2.24) is 9.80 Å². The molecule has 6 nitrogen and oxygen atoms in total.